The van der Waals surface area contributed by atoms with Gasteiger partial charge >= 0.3 is 0 Å². The molecule has 0 spiro atoms. The van der Waals surface area contributed by atoms with Crippen LogP contribution in [-0.2, 0) is 5.11 Å². The van der Waals surface area contributed by atoms with Crippen molar-refractivity contribution in [3.8, 4) is 0 Å². The molecule has 0 aromatic carbocycles. The lowest BCUT2D eigenvalue weighted by Crippen LogP contribution is -1.93. The van der Waals surface area contributed by atoms with Crippen LogP contribution in [0, 0.1) is 0 Å². The van der Waals surface area contributed by atoms with Gasteiger partial charge in [-0.1, -0.05) is 13.3 Å². The predicted molar refractivity (Wildman–Crippen MR) is 25.1 cm³/mol. The zero-order valence-corrected chi connectivity index (χ0v) is 4.40. The van der Waals surface area contributed by atoms with Gasteiger partial charge in [0, 0.05) is 0 Å². The van der Waals surface area contributed by atoms with E-state index in [9.17, 15) is 5.11 Å². The largest absolute Gasteiger partial charge is 0.233 e. The van der Waals surface area contributed by atoms with E-state index in [1.807, 2.05) is 6.92 Å². The smallest absolute Gasteiger partial charge is 0.0902 e. The Kier molecular flexibility index (Phi) is 3.14. The van der Waals surface area contributed by atoms with E-state index in [-0.39, 0.29) is 6.10 Å². The first-order valence-electron chi connectivity index (χ1n) is 2.43. The van der Waals surface area contributed by atoms with Crippen LogP contribution in [0.3, 0.4) is 0 Å². The SMILES string of the molecule is CCC[C@@H](C)[O]. The molecule has 1 atom stereocenters. The zero-order valence-electron chi connectivity index (χ0n) is 4.40. The molecule has 0 saturated carbocycles. The molecule has 0 unspecified atom stereocenters. The molecule has 37 valence electrons. The van der Waals surface area contributed by atoms with Crippen molar-refractivity contribution in [2.45, 2.75) is 32.8 Å². The maximum atomic E-state index is 10.1. The minimum absolute atomic E-state index is 0.352. The molecule has 0 fully saturated rings. The fourth-order valence-corrected chi connectivity index (χ4v) is 0.407. The van der Waals surface area contributed by atoms with Gasteiger partial charge in [0.2, 0.25) is 0 Å². The van der Waals surface area contributed by atoms with E-state index < -0.39 is 0 Å². The van der Waals surface area contributed by atoms with Gasteiger partial charge < -0.3 is 0 Å². The van der Waals surface area contributed by atoms with Gasteiger partial charge in [-0.15, -0.1) is 0 Å². The van der Waals surface area contributed by atoms with Crippen LogP contribution in [0.5, 0.6) is 0 Å². The summed E-state index contributed by atoms with van der Waals surface area (Å²) in [5.74, 6) is 0. The fraction of sp³-hybridized carbons (Fsp3) is 1.00. The lowest BCUT2D eigenvalue weighted by molar-refractivity contribution is 0.0970. The van der Waals surface area contributed by atoms with Crippen molar-refractivity contribution in [1.29, 1.82) is 0 Å². The van der Waals surface area contributed by atoms with Gasteiger partial charge in [-0.2, -0.15) is 0 Å². The van der Waals surface area contributed by atoms with E-state index in [1.165, 1.54) is 0 Å². The standard InChI is InChI=1S/C5H11O/c1-3-4-5(2)6/h5H,3-4H2,1-2H3/t5-/m1/s1. The number of rotatable bonds is 2. The molecule has 1 heteroatoms. The molecule has 0 rings (SSSR count). The second kappa shape index (κ2) is 3.16. The lowest BCUT2D eigenvalue weighted by Gasteiger charge is -1.92. The van der Waals surface area contributed by atoms with Crippen LogP contribution in [0.25, 0.3) is 0 Å². The van der Waals surface area contributed by atoms with Crippen molar-refractivity contribution in [3.63, 3.8) is 0 Å². The third-order valence-electron chi connectivity index (χ3n) is 0.695. The quantitative estimate of drug-likeness (QED) is 0.487. The minimum atomic E-state index is -0.352. The predicted octanol–water partition coefficient (Wildman–Crippen LogP) is 1.61. The average Bonchev–Trinajstić information content (AvgIpc) is 1.35. The number of hydrogen-bond donors (Lipinski definition) is 0. The Morgan fingerprint density at radius 2 is 2.17 bits per heavy atom. The fourth-order valence-electron chi connectivity index (χ4n) is 0.407. The van der Waals surface area contributed by atoms with Crippen LogP contribution in [-0.4, -0.2) is 6.10 Å². The Balaban J connectivity index is 2.63. The van der Waals surface area contributed by atoms with Crippen LogP contribution < -0.4 is 0 Å². The molecule has 1 nitrogen and oxygen atoms in total. The molecule has 0 aromatic heterocycles. The highest BCUT2D eigenvalue weighted by Crippen LogP contribution is 1.92. The first-order valence-corrected chi connectivity index (χ1v) is 2.43. The highest BCUT2D eigenvalue weighted by molar-refractivity contribution is 4.40. The highest BCUT2D eigenvalue weighted by atomic mass is 16.3. The Morgan fingerprint density at radius 1 is 1.67 bits per heavy atom. The first-order chi connectivity index (χ1) is 2.77. The monoisotopic (exact) mass is 87.1 g/mol. The van der Waals surface area contributed by atoms with Gasteiger partial charge in [0.25, 0.3) is 0 Å². The molecule has 0 aliphatic carbocycles. The summed E-state index contributed by atoms with van der Waals surface area (Å²) in [4.78, 5) is 0. The Hall–Kier alpha value is -0.0400. The van der Waals surface area contributed by atoms with E-state index in [0.29, 0.717) is 0 Å². The van der Waals surface area contributed by atoms with Crippen molar-refractivity contribution in [1.82, 2.24) is 0 Å². The summed E-state index contributed by atoms with van der Waals surface area (Å²) in [5, 5.41) is 10.1. The second-order valence-electron chi connectivity index (χ2n) is 1.60. The molecule has 0 aromatic rings. The van der Waals surface area contributed by atoms with Crippen LogP contribution in [0.15, 0.2) is 0 Å². The minimum Gasteiger partial charge on any atom is -0.233 e. The molecular weight excluding hydrogens is 76.1 g/mol. The second-order valence-corrected chi connectivity index (χ2v) is 1.60. The average molecular weight is 87.1 g/mol. The Morgan fingerprint density at radius 3 is 2.17 bits per heavy atom. The molecular formula is C5H11O. The summed E-state index contributed by atoms with van der Waals surface area (Å²) < 4.78 is 0. The molecule has 0 heterocycles. The Bertz CT molecular complexity index is 25.1. The van der Waals surface area contributed by atoms with Crippen LogP contribution in [0.4, 0.5) is 0 Å². The highest BCUT2D eigenvalue weighted by Gasteiger charge is 1.90. The van der Waals surface area contributed by atoms with Crippen LogP contribution in [0.1, 0.15) is 26.7 Å². The molecule has 0 amide bonds. The summed E-state index contributed by atoms with van der Waals surface area (Å²) in [7, 11) is 0. The van der Waals surface area contributed by atoms with Crippen molar-refractivity contribution in [3.05, 3.63) is 0 Å². The van der Waals surface area contributed by atoms with Crippen LogP contribution in [0.2, 0.25) is 0 Å². The molecule has 0 N–H and O–H groups in total. The van der Waals surface area contributed by atoms with Gasteiger partial charge in [-0.05, 0) is 13.3 Å². The van der Waals surface area contributed by atoms with Gasteiger partial charge in [-0.25, -0.2) is 5.11 Å². The summed E-state index contributed by atoms with van der Waals surface area (Å²) in [5.41, 5.74) is 0. The van der Waals surface area contributed by atoms with E-state index >= 15 is 0 Å². The molecule has 0 saturated heterocycles. The summed E-state index contributed by atoms with van der Waals surface area (Å²) in [6.07, 6.45) is 1.49. The van der Waals surface area contributed by atoms with Crippen molar-refractivity contribution in [2.75, 3.05) is 0 Å². The number of hydrogen-bond acceptors (Lipinski definition) is 0. The topological polar surface area (TPSA) is 19.9 Å². The summed E-state index contributed by atoms with van der Waals surface area (Å²) in [6.45, 7) is 3.72. The summed E-state index contributed by atoms with van der Waals surface area (Å²) >= 11 is 0. The molecule has 0 aliphatic heterocycles. The van der Waals surface area contributed by atoms with E-state index in [0.717, 1.165) is 12.8 Å². The maximum Gasteiger partial charge on any atom is 0.0902 e. The van der Waals surface area contributed by atoms with Gasteiger partial charge in [-0.3, -0.25) is 0 Å². The van der Waals surface area contributed by atoms with Crippen LogP contribution >= 0.6 is 0 Å². The van der Waals surface area contributed by atoms with Gasteiger partial charge in [0.15, 0.2) is 0 Å². The molecule has 1 radical (unpaired) electrons. The first kappa shape index (κ1) is 5.96. The normalized spacial score (nSPS) is 14.5. The van der Waals surface area contributed by atoms with Crippen molar-refractivity contribution >= 4 is 0 Å². The van der Waals surface area contributed by atoms with Gasteiger partial charge in [0.1, 0.15) is 0 Å². The lowest BCUT2D eigenvalue weighted by atomic mass is 10.2. The Labute approximate surface area is 39.0 Å². The van der Waals surface area contributed by atoms with E-state index in [1.54, 1.807) is 6.92 Å². The van der Waals surface area contributed by atoms with Crippen molar-refractivity contribution < 1.29 is 5.11 Å². The zero-order chi connectivity index (χ0) is 4.99. The summed E-state index contributed by atoms with van der Waals surface area (Å²) in [6, 6.07) is 0. The van der Waals surface area contributed by atoms with Gasteiger partial charge in [0.05, 0.1) is 6.10 Å². The molecule has 0 bridgehead atoms. The maximum absolute atomic E-state index is 10.1. The third-order valence-corrected chi connectivity index (χ3v) is 0.695. The van der Waals surface area contributed by atoms with E-state index in [4.69, 9.17) is 0 Å². The molecule has 0 aliphatic rings. The molecule has 6 heavy (non-hydrogen) atoms. The van der Waals surface area contributed by atoms with Crippen molar-refractivity contribution in [2.24, 2.45) is 0 Å². The third kappa shape index (κ3) is 3.96. The van der Waals surface area contributed by atoms with E-state index in [2.05, 4.69) is 0 Å².